The third kappa shape index (κ3) is 5.29. The summed E-state index contributed by atoms with van der Waals surface area (Å²) in [6.45, 7) is 5.63. The molecule has 5 heteroatoms. The summed E-state index contributed by atoms with van der Waals surface area (Å²) in [6.07, 6.45) is 3.56. The van der Waals surface area contributed by atoms with E-state index in [1.807, 2.05) is 39.5 Å². The Morgan fingerprint density at radius 1 is 1.16 bits per heavy atom. The van der Waals surface area contributed by atoms with Gasteiger partial charge in [-0.1, -0.05) is 29.8 Å². The highest BCUT2D eigenvalue weighted by molar-refractivity contribution is 5.75. The van der Waals surface area contributed by atoms with Crippen molar-refractivity contribution in [3.8, 4) is 0 Å². The second kappa shape index (κ2) is 8.62. The van der Waals surface area contributed by atoms with Gasteiger partial charge < -0.3 is 15.1 Å². The predicted octanol–water partition coefficient (Wildman–Crippen LogP) is 2.99. The smallest absolute Gasteiger partial charge is 0.317 e. The number of rotatable bonds is 6. The van der Waals surface area contributed by atoms with Crippen molar-refractivity contribution >= 4 is 6.03 Å². The molecular weight excluding hydrogens is 312 g/mol. The average Bonchev–Trinajstić information content (AvgIpc) is 2.60. The molecule has 2 aromatic rings. The topological polar surface area (TPSA) is 48.5 Å². The van der Waals surface area contributed by atoms with E-state index in [2.05, 4.69) is 47.2 Å². The number of hydrogen-bond donors (Lipinski definition) is 1. The first-order valence-electron chi connectivity index (χ1n) is 8.52. The van der Waals surface area contributed by atoms with Gasteiger partial charge in [0.05, 0.1) is 6.04 Å². The van der Waals surface area contributed by atoms with Crippen molar-refractivity contribution in [3.63, 3.8) is 0 Å². The summed E-state index contributed by atoms with van der Waals surface area (Å²) in [6, 6.07) is 9.90. The molecule has 0 aliphatic carbocycles. The number of pyridine rings is 1. The second-order valence-corrected chi connectivity index (χ2v) is 6.75. The van der Waals surface area contributed by atoms with E-state index in [-0.39, 0.29) is 12.1 Å². The molecule has 2 rings (SSSR count). The highest BCUT2D eigenvalue weighted by Gasteiger charge is 2.21. The summed E-state index contributed by atoms with van der Waals surface area (Å²) in [5.41, 5.74) is 4.40. The lowest BCUT2D eigenvalue weighted by atomic mass is 9.94. The lowest BCUT2D eigenvalue weighted by Gasteiger charge is -2.26. The lowest BCUT2D eigenvalue weighted by Crippen LogP contribution is -2.42. The van der Waals surface area contributed by atoms with Crippen molar-refractivity contribution in [1.82, 2.24) is 20.1 Å². The van der Waals surface area contributed by atoms with E-state index in [0.717, 1.165) is 23.2 Å². The van der Waals surface area contributed by atoms with Gasteiger partial charge in [0.15, 0.2) is 0 Å². The monoisotopic (exact) mass is 340 g/mol. The molecule has 0 saturated heterocycles. The minimum absolute atomic E-state index is 0.0865. The number of hydrogen-bond acceptors (Lipinski definition) is 3. The van der Waals surface area contributed by atoms with Gasteiger partial charge >= 0.3 is 6.03 Å². The lowest BCUT2D eigenvalue weighted by molar-refractivity contribution is 0.201. The van der Waals surface area contributed by atoms with Crippen molar-refractivity contribution in [2.24, 2.45) is 0 Å². The van der Waals surface area contributed by atoms with Crippen LogP contribution < -0.4 is 5.32 Å². The number of carbonyl (C=O) groups excluding carboxylic acids is 1. The zero-order chi connectivity index (χ0) is 18.4. The molecule has 0 saturated carbocycles. The quantitative estimate of drug-likeness (QED) is 0.879. The van der Waals surface area contributed by atoms with Crippen LogP contribution in [-0.2, 0) is 0 Å². The Kier molecular flexibility index (Phi) is 6.53. The minimum atomic E-state index is -0.220. The fourth-order valence-corrected chi connectivity index (χ4v) is 2.64. The SMILES string of the molecule is Cc1ccc(C)c(C(NC(=O)N(C)CCN(C)C)c2cccnc2)c1. The van der Waals surface area contributed by atoms with Gasteiger partial charge in [0.25, 0.3) is 0 Å². The Hall–Kier alpha value is -2.40. The van der Waals surface area contributed by atoms with Crippen LogP contribution in [0, 0.1) is 13.8 Å². The molecule has 0 fully saturated rings. The van der Waals surface area contributed by atoms with Gasteiger partial charge in [-0.25, -0.2) is 4.79 Å². The molecule has 1 aromatic carbocycles. The number of likely N-dealkylation sites (N-methyl/N-ethyl adjacent to an activating group) is 2. The van der Waals surface area contributed by atoms with E-state index in [9.17, 15) is 4.79 Å². The Morgan fingerprint density at radius 3 is 2.56 bits per heavy atom. The number of urea groups is 1. The highest BCUT2D eigenvalue weighted by Crippen LogP contribution is 2.25. The van der Waals surface area contributed by atoms with Gasteiger partial charge in [-0.15, -0.1) is 0 Å². The number of nitrogens with one attached hydrogen (secondary N) is 1. The molecule has 0 aliphatic rings. The summed E-state index contributed by atoms with van der Waals surface area (Å²) in [5, 5.41) is 3.17. The predicted molar refractivity (Wildman–Crippen MR) is 102 cm³/mol. The van der Waals surface area contributed by atoms with E-state index >= 15 is 0 Å². The fourth-order valence-electron chi connectivity index (χ4n) is 2.64. The molecule has 0 aliphatic heterocycles. The molecule has 2 amide bonds. The first-order chi connectivity index (χ1) is 11.9. The number of aryl methyl sites for hydroxylation is 2. The maximum Gasteiger partial charge on any atom is 0.317 e. The first-order valence-corrected chi connectivity index (χ1v) is 8.52. The Morgan fingerprint density at radius 2 is 1.92 bits per heavy atom. The van der Waals surface area contributed by atoms with Crippen LogP contribution >= 0.6 is 0 Å². The Balaban J connectivity index is 2.27. The average molecular weight is 340 g/mol. The molecule has 0 radical (unpaired) electrons. The summed E-state index contributed by atoms with van der Waals surface area (Å²) >= 11 is 0. The zero-order valence-electron chi connectivity index (χ0n) is 15.8. The van der Waals surface area contributed by atoms with E-state index < -0.39 is 0 Å². The van der Waals surface area contributed by atoms with Crippen LogP contribution in [0.2, 0.25) is 0 Å². The highest BCUT2D eigenvalue weighted by atomic mass is 16.2. The number of carbonyl (C=O) groups is 1. The number of benzene rings is 1. The van der Waals surface area contributed by atoms with Crippen molar-refractivity contribution < 1.29 is 4.79 Å². The van der Waals surface area contributed by atoms with Crippen LogP contribution in [0.15, 0.2) is 42.7 Å². The molecule has 1 heterocycles. The zero-order valence-corrected chi connectivity index (χ0v) is 15.8. The van der Waals surface area contributed by atoms with Crippen LogP contribution in [0.25, 0.3) is 0 Å². The second-order valence-electron chi connectivity index (χ2n) is 6.75. The largest absolute Gasteiger partial charge is 0.327 e. The van der Waals surface area contributed by atoms with Gasteiger partial charge in [-0.2, -0.15) is 0 Å². The van der Waals surface area contributed by atoms with Crippen LogP contribution in [0.1, 0.15) is 28.3 Å². The van der Waals surface area contributed by atoms with Gasteiger partial charge in [0, 0.05) is 32.5 Å². The summed E-state index contributed by atoms with van der Waals surface area (Å²) in [4.78, 5) is 20.7. The summed E-state index contributed by atoms with van der Waals surface area (Å²) in [7, 11) is 5.82. The fraction of sp³-hybridized carbons (Fsp3) is 0.400. The van der Waals surface area contributed by atoms with E-state index in [1.165, 1.54) is 5.56 Å². The molecule has 25 heavy (non-hydrogen) atoms. The van der Waals surface area contributed by atoms with Crippen molar-refractivity contribution in [2.75, 3.05) is 34.2 Å². The maximum absolute atomic E-state index is 12.7. The molecule has 0 bridgehead atoms. The third-order valence-corrected chi connectivity index (χ3v) is 4.26. The maximum atomic E-state index is 12.7. The normalized spacial score (nSPS) is 12.1. The van der Waals surface area contributed by atoms with Gasteiger partial charge in [-0.05, 0) is 50.7 Å². The van der Waals surface area contributed by atoms with Gasteiger partial charge in [0.2, 0.25) is 0 Å². The summed E-state index contributed by atoms with van der Waals surface area (Å²) in [5.74, 6) is 0. The number of aromatic nitrogens is 1. The molecular formula is C20H28N4O. The molecule has 0 spiro atoms. The van der Waals surface area contributed by atoms with Crippen LogP contribution in [0.4, 0.5) is 4.79 Å². The Bertz CT molecular complexity index is 700. The van der Waals surface area contributed by atoms with Gasteiger partial charge in [0.1, 0.15) is 0 Å². The molecule has 1 atom stereocenters. The van der Waals surface area contributed by atoms with Crippen molar-refractivity contribution in [1.29, 1.82) is 0 Å². The van der Waals surface area contributed by atoms with Crippen LogP contribution in [-0.4, -0.2) is 55.0 Å². The molecule has 1 aromatic heterocycles. The molecule has 1 unspecified atom stereocenters. The van der Waals surface area contributed by atoms with E-state index in [4.69, 9.17) is 0 Å². The molecule has 134 valence electrons. The minimum Gasteiger partial charge on any atom is -0.327 e. The third-order valence-electron chi connectivity index (χ3n) is 4.26. The number of nitrogens with zero attached hydrogens (tertiary/aromatic N) is 3. The van der Waals surface area contributed by atoms with Crippen molar-refractivity contribution in [3.05, 3.63) is 65.0 Å². The first kappa shape index (κ1) is 18.9. The summed E-state index contributed by atoms with van der Waals surface area (Å²) < 4.78 is 0. The van der Waals surface area contributed by atoms with E-state index in [0.29, 0.717) is 6.54 Å². The Labute approximate surface area is 150 Å². The van der Waals surface area contributed by atoms with Crippen LogP contribution in [0.3, 0.4) is 0 Å². The van der Waals surface area contributed by atoms with Crippen molar-refractivity contribution in [2.45, 2.75) is 19.9 Å². The number of amides is 2. The van der Waals surface area contributed by atoms with Gasteiger partial charge in [-0.3, -0.25) is 4.98 Å². The van der Waals surface area contributed by atoms with Crippen LogP contribution in [0.5, 0.6) is 0 Å². The molecule has 5 nitrogen and oxygen atoms in total. The molecule has 1 N–H and O–H groups in total. The standard InChI is InChI=1S/C20H28N4O/c1-15-8-9-16(2)18(13-15)19(17-7-6-10-21-14-17)22-20(25)24(5)12-11-23(3)4/h6-10,13-14,19H,11-12H2,1-5H3,(H,22,25). The van der Waals surface area contributed by atoms with E-state index in [1.54, 1.807) is 11.1 Å².